The van der Waals surface area contributed by atoms with Gasteiger partial charge in [0.2, 0.25) is 5.91 Å². The van der Waals surface area contributed by atoms with Crippen molar-refractivity contribution in [2.24, 2.45) is 0 Å². The van der Waals surface area contributed by atoms with E-state index in [1.807, 2.05) is 53.1 Å². The van der Waals surface area contributed by atoms with Crippen molar-refractivity contribution in [1.29, 1.82) is 0 Å². The van der Waals surface area contributed by atoms with Gasteiger partial charge in [0, 0.05) is 52.2 Å². The first kappa shape index (κ1) is 18.8. The van der Waals surface area contributed by atoms with Crippen molar-refractivity contribution >= 4 is 49.1 Å². The van der Waals surface area contributed by atoms with Crippen molar-refractivity contribution in [3.63, 3.8) is 0 Å². The topological polar surface area (TPSA) is 69.6 Å². The summed E-state index contributed by atoms with van der Waals surface area (Å²) in [7, 11) is 3.92. The van der Waals surface area contributed by atoms with Gasteiger partial charge in [0.15, 0.2) is 5.13 Å². The van der Waals surface area contributed by atoms with Gasteiger partial charge in [-0.1, -0.05) is 17.4 Å². The van der Waals surface area contributed by atoms with Crippen LogP contribution in [0.5, 0.6) is 0 Å². The molecule has 0 saturated carbocycles. The largest absolute Gasteiger partial charge is 0.354 e. The van der Waals surface area contributed by atoms with Gasteiger partial charge in [-0.25, -0.2) is 4.98 Å². The van der Waals surface area contributed by atoms with Crippen LogP contribution in [0.1, 0.15) is 15.4 Å². The van der Waals surface area contributed by atoms with Gasteiger partial charge in [-0.05, 0) is 18.2 Å². The van der Waals surface area contributed by atoms with E-state index >= 15 is 0 Å². The van der Waals surface area contributed by atoms with E-state index in [9.17, 15) is 9.59 Å². The van der Waals surface area contributed by atoms with E-state index in [4.69, 9.17) is 0 Å². The number of hydrogen-bond donors (Lipinski definition) is 0. The predicted molar refractivity (Wildman–Crippen MR) is 112 cm³/mol. The highest BCUT2D eigenvalue weighted by atomic mass is 32.1. The number of rotatable bonds is 4. The SMILES string of the molecule is CN(C)c1nc2sc(C(=O)N3CCN(C(=O)Cc4ccccn4)CC3)cc2s1. The minimum Gasteiger partial charge on any atom is -0.354 e. The summed E-state index contributed by atoms with van der Waals surface area (Å²) in [6, 6.07) is 7.51. The molecule has 3 aromatic rings. The van der Waals surface area contributed by atoms with Gasteiger partial charge in [0.25, 0.3) is 5.91 Å². The van der Waals surface area contributed by atoms with Gasteiger partial charge in [-0.15, -0.1) is 11.3 Å². The third-order valence-corrected chi connectivity index (χ3v) is 6.97. The molecule has 1 aliphatic heterocycles. The zero-order valence-corrected chi connectivity index (χ0v) is 17.4. The highest BCUT2D eigenvalue weighted by molar-refractivity contribution is 7.29. The van der Waals surface area contributed by atoms with Crippen molar-refractivity contribution in [2.75, 3.05) is 45.2 Å². The molecule has 3 aromatic heterocycles. The second-order valence-corrected chi connectivity index (χ2v) is 8.88. The molecule has 28 heavy (non-hydrogen) atoms. The number of thiophene rings is 1. The number of nitrogens with zero attached hydrogens (tertiary/aromatic N) is 5. The molecular weight excluding hydrogens is 394 g/mol. The maximum absolute atomic E-state index is 12.8. The third kappa shape index (κ3) is 3.85. The minimum atomic E-state index is 0.0263. The Morgan fingerprint density at radius 1 is 1.11 bits per heavy atom. The summed E-state index contributed by atoms with van der Waals surface area (Å²) in [6.07, 6.45) is 2.00. The summed E-state index contributed by atoms with van der Waals surface area (Å²) >= 11 is 3.03. The molecule has 1 saturated heterocycles. The Hall–Kier alpha value is -2.52. The molecule has 0 spiro atoms. The lowest BCUT2D eigenvalue weighted by atomic mass is 10.2. The Labute approximate surface area is 171 Å². The van der Waals surface area contributed by atoms with Crippen LogP contribution in [-0.4, -0.2) is 71.9 Å². The predicted octanol–water partition coefficient (Wildman–Crippen LogP) is 2.35. The van der Waals surface area contributed by atoms with Gasteiger partial charge in [-0.2, -0.15) is 0 Å². The number of carbonyl (C=O) groups is 2. The molecule has 7 nitrogen and oxygen atoms in total. The van der Waals surface area contributed by atoms with Crippen molar-refractivity contribution in [1.82, 2.24) is 19.8 Å². The smallest absolute Gasteiger partial charge is 0.264 e. The number of amides is 2. The second-order valence-electron chi connectivity index (χ2n) is 6.84. The molecular formula is C19H21N5O2S2. The van der Waals surface area contributed by atoms with Crippen LogP contribution in [-0.2, 0) is 11.2 Å². The summed E-state index contributed by atoms with van der Waals surface area (Å²) in [5.74, 6) is 0.0845. The summed E-state index contributed by atoms with van der Waals surface area (Å²) in [6.45, 7) is 2.21. The molecule has 0 bridgehead atoms. The number of carbonyl (C=O) groups excluding carboxylic acids is 2. The number of aromatic nitrogens is 2. The number of thiazole rings is 1. The van der Waals surface area contributed by atoms with E-state index in [1.54, 1.807) is 17.5 Å². The molecule has 0 aliphatic carbocycles. The van der Waals surface area contributed by atoms with Crippen LogP contribution in [0.15, 0.2) is 30.5 Å². The molecule has 1 fully saturated rings. The van der Waals surface area contributed by atoms with E-state index in [0.29, 0.717) is 37.5 Å². The van der Waals surface area contributed by atoms with Crippen LogP contribution in [0.4, 0.5) is 5.13 Å². The minimum absolute atomic E-state index is 0.0263. The van der Waals surface area contributed by atoms with E-state index in [1.165, 1.54) is 11.3 Å². The molecule has 0 N–H and O–H groups in total. The summed E-state index contributed by atoms with van der Waals surface area (Å²) in [5, 5.41) is 0.945. The summed E-state index contributed by atoms with van der Waals surface area (Å²) in [4.78, 5) is 41.3. The maximum atomic E-state index is 12.8. The first-order chi connectivity index (χ1) is 13.5. The van der Waals surface area contributed by atoms with Crippen LogP contribution in [0.3, 0.4) is 0 Å². The fourth-order valence-electron chi connectivity index (χ4n) is 3.10. The standard InChI is InChI=1S/C19H21N5O2S2/c1-22(2)19-21-17-14(28-19)12-15(27-17)18(26)24-9-7-23(8-10-24)16(25)11-13-5-3-4-6-20-13/h3-6,12H,7-11H2,1-2H3. The first-order valence-electron chi connectivity index (χ1n) is 9.06. The van der Waals surface area contributed by atoms with Gasteiger partial charge in [-0.3, -0.25) is 14.6 Å². The van der Waals surface area contributed by atoms with Crippen LogP contribution in [0, 0.1) is 0 Å². The Kier molecular flexibility index (Phi) is 5.27. The molecule has 0 aromatic carbocycles. The van der Waals surface area contributed by atoms with Crippen molar-refractivity contribution < 1.29 is 9.59 Å². The molecule has 2 amide bonds. The van der Waals surface area contributed by atoms with Crippen molar-refractivity contribution in [2.45, 2.75) is 6.42 Å². The average Bonchev–Trinajstić information content (AvgIpc) is 3.28. The van der Waals surface area contributed by atoms with Crippen molar-refractivity contribution in [3.8, 4) is 0 Å². The quantitative estimate of drug-likeness (QED) is 0.654. The number of pyridine rings is 1. The highest BCUT2D eigenvalue weighted by Crippen LogP contribution is 2.34. The number of anilines is 1. The Bertz CT molecular complexity index is 959. The lowest BCUT2D eigenvalue weighted by Gasteiger charge is -2.34. The van der Waals surface area contributed by atoms with Crippen LogP contribution < -0.4 is 4.90 Å². The molecule has 0 unspecified atom stereocenters. The third-order valence-electron chi connectivity index (χ3n) is 4.65. The number of hydrogen-bond acceptors (Lipinski definition) is 7. The lowest BCUT2D eigenvalue weighted by molar-refractivity contribution is -0.132. The Morgan fingerprint density at radius 3 is 2.50 bits per heavy atom. The Morgan fingerprint density at radius 2 is 1.86 bits per heavy atom. The molecule has 9 heteroatoms. The molecule has 1 aliphatic rings. The van der Waals surface area contributed by atoms with E-state index in [2.05, 4.69) is 9.97 Å². The zero-order chi connectivity index (χ0) is 19.7. The molecule has 0 radical (unpaired) electrons. The average molecular weight is 416 g/mol. The molecule has 4 rings (SSSR count). The number of fused-ring (bicyclic) bond motifs is 1. The molecule has 4 heterocycles. The van der Waals surface area contributed by atoms with Crippen LogP contribution in [0.25, 0.3) is 9.53 Å². The van der Waals surface area contributed by atoms with E-state index < -0.39 is 0 Å². The van der Waals surface area contributed by atoms with Crippen molar-refractivity contribution in [3.05, 3.63) is 41.0 Å². The fraction of sp³-hybridized carbons (Fsp3) is 0.368. The first-order valence-corrected chi connectivity index (χ1v) is 10.7. The maximum Gasteiger partial charge on any atom is 0.264 e. The van der Waals surface area contributed by atoms with Gasteiger partial charge in [0.1, 0.15) is 4.83 Å². The Balaban J connectivity index is 1.36. The van der Waals surface area contributed by atoms with Crippen LogP contribution >= 0.6 is 22.7 Å². The second kappa shape index (κ2) is 7.84. The molecule has 146 valence electrons. The number of piperazine rings is 1. The lowest BCUT2D eigenvalue weighted by Crippen LogP contribution is -2.50. The monoisotopic (exact) mass is 415 g/mol. The highest BCUT2D eigenvalue weighted by Gasteiger charge is 2.26. The summed E-state index contributed by atoms with van der Waals surface area (Å²) in [5.41, 5.74) is 0.772. The van der Waals surface area contributed by atoms with Gasteiger partial charge >= 0.3 is 0 Å². The van der Waals surface area contributed by atoms with E-state index in [-0.39, 0.29) is 11.8 Å². The van der Waals surface area contributed by atoms with Crippen LogP contribution in [0.2, 0.25) is 0 Å². The van der Waals surface area contributed by atoms with Gasteiger partial charge in [0.05, 0.1) is 16.0 Å². The summed E-state index contributed by atoms with van der Waals surface area (Å²) < 4.78 is 1.04. The molecule has 0 atom stereocenters. The fourth-order valence-corrected chi connectivity index (χ4v) is 5.21. The normalized spacial score (nSPS) is 14.5. The van der Waals surface area contributed by atoms with E-state index in [0.717, 1.165) is 20.4 Å². The zero-order valence-electron chi connectivity index (χ0n) is 15.8. The van der Waals surface area contributed by atoms with Gasteiger partial charge < -0.3 is 14.7 Å².